The smallest absolute Gasteiger partial charge is 0.315 e. The van der Waals surface area contributed by atoms with Crippen molar-refractivity contribution in [3.63, 3.8) is 0 Å². The molecule has 0 aromatic heterocycles. The van der Waals surface area contributed by atoms with Crippen molar-refractivity contribution in [2.24, 2.45) is 0 Å². The molecule has 2 saturated heterocycles. The number of methoxy groups -OCH3 is 1. The number of hydrogen-bond acceptors (Lipinski definition) is 5. The summed E-state index contributed by atoms with van der Waals surface area (Å²) in [5.41, 5.74) is 2.26. The summed E-state index contributed by atoms with van der Waals surface area (Å²) in [6.45, 7) is 2.33. The first-order chi connectivity index (χ1) is 17.1. The van der Waals surface area contributed by atoms with Crippen LogP contribution < -0.4 is 25.0 Å². The molecular weight excluding hydrogens is 444 g/mol. The van der Waals surface area contributed by atoms with E-state index in [1.807, 2.05) is 29.2 Å². The van der Waals surface area contributed by atoms with Crippen LogP contribution in [0.5, 0.6) is 11.5 Å². The van der Waals surface area contributed by atoms with Crippen molar-refractivity contribution < 1.29 is 19.1 Å². The Morgan fingerprint density at radius 2 is 1.86 bits per heavy atom. The van der Waals surface area contributed by atoms with E-state index in [1.165, 1.54) is 18.4 Å². The van der Waals surface area contributed by atoms with Crippen molar-refractivity contribution in [2.75, 3.05) is 38.2 Å². The van der Waals surface area contributed by atoms with E-state index in [0.29, 0.717) is 26.2 Å². The van der Waals surface area contributed by atoms with Crippen molar-refractivity contribution >= 4 is 17.6 Å². The maximum Gasteiger partial charge on any atom is 0.315 e. The Morgan fingerprint density at radius 1 is 1.06 bits per heavy atom. The predicted molar refractivity (Wildman–Crippen MR) is 134 cm³/mol. The minimum absolute atomic E-state index is 0.0162. The molecule has 0 bridgehead atoms. The van der Waals surface area contributed by atoms with Crippen molar-refractivity contribution in [1.82, 2.24) is 15.5 Å². The number of ether oxygens (including phenoxy) is 2. The van der Waals surface area contributed by atoms with Crippen molar-refractivity contribution in [3.8, 4) is 11.5 Å². The van der Waals surface area contributed by atoms with Gasteiger partial charge in [0.25, 0.3) is 0 Å². The molecule has 2 heterocycles. The number of carbonyl (C=O) groups excluding carboxylic acids is 2. The summed E-state index contributed by atoms with van der Waals surface area (Å²) in [5.74, 6) is 1.51. The summed E-state index contributed by atoms with van der Waals surface area (Å²) in [4.78, 5) is 29.2. The highest BCUT2D eigenvalue weighted by atomic mass is 16.5. The molecule has 35 heavy (non-hydrogen) atoms. The van der Waals surface area contributed by atoms with Gasteiger partial charge in [0.1, 0.15) is 6.04 Å². The van der Waals surface area contributed by atoms with Crippen LogP contribution in [0.2, 0.25) is 0 Å². The fraction of sp³-hybridized carbons (Fsp3) is 0.481. The van der Waals surface area contributed by atoms with Gasteiger partial charge in [-0.15, -0.1) is 0 Å². The third-order valence-corrected chi connectivity index (χ3v) is 7.26. The van der Waals surface area contributed by atoms with Gasteiger partial charge in [-0.3, -0.25) is 4.79 Å². The van der Waals surface area contributed by atoms with Gasteiger partial charge in [0.15, 0.2) is 11.5 Å². The predicted octanol–water partition coefficient (Wildman–Crippen LogP) is 2.96. The standard InChI is InChI=1S/C27H34N4O4/c1-34-24-12-11-20(16-25(24)35-22-9-5-6-10-22)30-13-14-31(26(32)23-17-28-27(33)29-23)21(18-30)15-19-7-3-2-4-8-19/h2-4,7-8,11-12,16,21-23H,5-6,9-10,13-15,17-18H2,1H3,(H2,28,29,33). The number of anilines is 1. The Labute approximate surface area is 206 Å². The van der Waals surface area contributed by atoms with E-state index < -0.39 is 6.04 Å². The molecule has 2 aromatic rings. The lowest BCUT2D eigenvalue weighted by Gasteiger charge is -2.43. The molecule has 8 heteroatoms. The average Bonchev–Trinajstić information content (AvgIpc) is 3.56. The van der Waals surface area contributed by atoms with E-state index in [1.54, 1.807) is 7.11 Å². The Bertz CT molecular complexity index is 1040. The molecule has 0 radical (unpaired) electrons. The second-order valence-electron chi connectivity index (χ2n) is 9.59. The van der Waals surface area contributed by atoms with Crippen LogP contribution in [0.4, 0.5) is 10.5 Å². The minimum Gasteiger partial charge on any atom is -0.493 e. The van der Waals surface area contributed by atoms with Gasteiger partial charge in [0, 0.05) is 37.9 Å². The molecule has 8 nitrogen and oxygen atoms in total. The Morgan fingerprint density at radius 3 is 2.57 bits per heavy atom. The maximum atomic E-state index is 13.3. The normalized spacial score (nSPS) is 22.6. The molecular formula is C27H34N4O4. The zero-order chi connectivity index (χ0) is 24.2. The summed E-state index contributed by atoms with van der Waals surface area (Å²) in [7, 11) is 1.67. The van der Waals surface area contributed by atoms with Gasteiger partial charge in [-0.1, -0.05) is 30.3 Å². The summed E-state index contributed by atoms with van der Waals surface area (Å²) < 4.78 is 11.9. The molecule has 186 valence electrons. The second-order valence-corrected chi connectivity index (χ2v) is 9.59. The van der Waals surface area contributed by atoms with E-state index in [-0.39, 0.29) is 24.1 Å². The van der Waals surface area contributed by atoms with Gasteiger partial charge in [-0.05, 0) is 49.8 Å². The van der Waals surface area contributed by atoms with Crippen LogP contribution in [0, 0.1) is 0 Å². The molecule has 5 rings (SSSR count). The fourth-order valence-electron chi connectivity index (χ4n) is 5.39. The number of urea groups is 1. The molecule has 2 aromatic carbocycles. The number of benzene rings is 2. The first-order valence-electron chi connectivity index (χ1n) is 12.6. The molecule has 2 unspecified atom stereocenters. The number of piperazine rings is 1. The van der Waals surface area contributed by atoms with Gasteiger partial charge in [0.2, 0.25) is 5.91 Å². The van der Waals surface area contributed by atoms with Crippen LogP contribution in [0.25, 0.3) is 0 Å². The number of nitrogens with one attached hydrogen (secondary N) is 2. The van der Waals surface area contributed by atoms with Crippen LogP contribution in [0.1, 0.15) is 31.2 Å². The van der Waals surface area contributed by atoms with E-state index in [0.717, 1.165) is 36.4 Å². The number of nitrogens with zero attached hydrogens (tertiary/aromatic N) is 2. The first kappa shape index (κ1) is 23.3. The van der Waals surface area contributed by atoms with Gasteiger partial charge < -0.3 is 29.9 Å². The lowest BCUT2D eigenvalue weighted by Crippen LogP contribution is -2.59. The molecule has 3 amide bonds. The summed E-state index contributed by atoms with van der Waals surface area (Å²) in [6.07, 6.45) is 5.58. The lowest BCUT2D eigenvalue weighted by molar-refractivity contribution is -0.135. The third kappa shape index (κ3) is 5.31. The Kier molecular flexibility index (Phi) is 6.97. The number of hydrogen-bond donors (Lipinski definition) is 2. The second kappa shape index (κ2) is 10.5. The van der Waals surface area contributed by atoms with Crippen LogP contribution >= 0.6 is 0 Å². The molecule has 1 aliphatic carbocycles. The number of carbonyl (C=O) groups is 2. The third-order valence-electron chi connectivity index (χ3n) is 7.26. The van der Waals surface area contributed by atoms with E-state index >= 15 is 0 Å². The molecule has 0 spiro atoms. The molecule has 2 aliphatic heterocycles. The highest BCUT2D eigenvalue weighted by Gasteiger charge is 2.37. The van der Waals surface area contributed by atoms with Gasteiger partial charge in [-0.2, -0.15) is 0 Å². The minimum atomic E-state index is -0.514. The quantitative estimate of drug-likeness (QED) is 0.639. The SMILES string of the molecule is COc1ccc(N2CCN(C(=O)C3CNC(=O)N3)C(Cc3ccccc3)C2)cc1OC1CCCC1. The highest BCUT2D eigenvalue weighted by Crippen LogP contribution is 2.36. The van der Waals surface area contributed by atoms with Crippen LogP contribution in [0.15, 0.2) is 48.5 Å². The molecule has 3 fully saturated rings. The van der Waals surface area contributed by atoms with Crippen LogP contribution in [-0.2, 0) is 11.2 Å². The van der Waals surface area contributed by atoms with Crippen LogP contribution in [-0.4, -0.2) is 68.3 Å². The topological polar surface area (TPSA) is 83.1 Å². The zero-order valence-electron chi connectivity index (χ0n) is 20.2. The Hall–Kier alpha value is -3.42. The molecule has 3 aliphatic rings. The fourth-order valence-corrected chi connectivity index (χ4v) is 5.39. The lowest BCUT2D eigenvalue weighted by atomic mass is 10.0. The summed E-state index contributed by atoms with van der Waals surface area (Å²) in [6, 6.07) is 15.6. The first-order valence-corrected chi connectivity index (χ1v) is 12.6. The van der Waals surface area contributed by atoms with Gasteiger partial charge in [-0.25, -0.2) is 4.79 Å². The average molecular weight is 479 g/mol. The summed E-state index contributed by atoms with van der Waals surface area (Å²) in [5, 5.41) is 5.45. The zero-order valence-corrected chi connectivity index (χ0v) is 20.2. The number of rotatable bonds is 7. The highest BCUT2D eigenvalue weighted by molar-refractivity contribution is 5.90. The van der Waals surface area contributed by atoms with Gasteiger partial charge >= 0.3 is 6.03 Å². The summed E-state index contributed by atoms with van der Waals surface area (Å²) >= 11 is 0. The van der Waals surface area contributed by atoms with E-state index in [9.17, 15) is 9.59 Å². The number of amides is 3. The van der Waals surface area contributed by atoms with Crippen molar-refractivity contribution in [2.45, 2.75) is 50.3 Å². The molecule has 2 N–H and O–H groups in total. The Balaban J connectivity index is 1.36. The van der Waals surface area contributed by atoms with Crippen molar-refractivity contribution in [1.29, 1.82) is 0 Å². The monoisotopic (exact) mass is 478 g/mol. The van der Waals surface area contributed by atoms with Gasteiger partial charge in [0.05, 0.1) is 19.3 Å². The van der Waals surface area contributed by atoms with Crippen molar-refractivity contribution in [3.05, 3.63) is 54.1 Å². The van der Waals surface area contributed by atoms with E-state index in [4.69, 9.17) is 9.47 Å². The maximum absolute atomic E-state index is 13.3. The molecule has 1 saturated carbocycles. The molecule has 2 atom stereocenters. The largest absolute Gasteiger partial charge is 0.493 e. The van der Waals surface area contributed by atoms with E-state index in [2.05, 4.69) is 39.8 Å². The van der Waals surface area contributed by atoms with Crippen LogP contribution in [0.3, 0.4) is 0 Å².